The summed E-state index contributed by atoms with van der Waals surface area (Å²) in [6.45, 7) is 1.21. The van der Waals surface area contributed by atoms with Gasteiger partial charge in [0.25, 0.3) is 0 Å². The van der Waals surface area contributed by atoms with E-state index in [-0.39, 0.29) is 13.2 Å². The largest absolute Gasteiger partial charge is 0.396 e. The van der Waals surface area contributed by atoms with E-state index in [1.54, 1.807) is 0 Å². The molecule has 0 spiro atoms. The van der Waals surface area contributed by atoms with E-state index in [0.29, 0.717) is 6.54 Å². The lowest BCUT2D eigenvalue weighted by atomic mass is 10.3. The molecule has 1 unspecified atom stereocenters. The summed E-state index contributed by atoms with van der Waals surface area (Å²) in [6, 6.07) is 0. The maximum Gasteiger partial charge on any atom is 0.0894 e. The van der Waals surface area contributed by atoms with Crippen LogP contribution >= 0.6 is 0 Å². The van der Waals surface area contributed by atoms with Gasteiger partial charge in [-0.05, 0) is 19.4 Å². The molecule has 68 valence electrons. The Balaban J connectivity index is 2.89. The van der Waals surface area contributed by atoms with Crippen LogP contribution in [-0.2, 0) is 0 Å². The molecule has 0 radical (unpaired) electrons. The lowest BCUT2D eigenvalue weighted by Crippen LogP contribution is -2.29. The van der Waals surface area contributed by atoms with Crippen LogP contribution in [0.5, 0.6) is 0 Å². The zero-order valence-corrected chi connectivity index (χ0v) is 6.66. The average Bonchev–Trinajstić information content (AvgIpc) is 2.04. The molecule has 1 atom stereocenters. The molecule has 0 aromatic carbocycles. The maximum atomic E-state index is 8.85. The number of nitrogens with one attached hydrogen (secondary N) is 1. The van der Waals surface area contributed by atoms with Gasteiger partial charge in [0.05, 0.1) is 12.7 Å². The van der Waals surface area contributed by atoms with Crippen molar-refractivity contribution in [1.82, 2.24) is 5.32 Å². The summed E-state index contributed by atoms with van der Waals surface area (Å²) in [4.78, 5) is 0. The van der Waals surface area contributed by atoms with Crippen molar-refractivity contribution in [2.24, 2.45) is 0 Å². The molecule has 0 aromatic rings. The van der Waals surface area contributed by atoms with E-state index in [9.17, 15) is 0 Å². The van der Waals surface area contributed by atoms with Gasteiger partial charge in [-0.2, -0.15) is 0 Å². The van der Waals surface area contributed by atoms with E-state index in [0.717, 1.165) is 19.4 Å². The summed E-state index contributed by atoms with van der Waals surface area (Å²) in [7, 11) is 0. The van der Waals surface area contributed by atoms with Gasteiger partial charge < -0.3 is 20.6 Å². The molecule has 0 aliphatic carbocycles. The lowest BCUT2D eigenvalue weighted by Gasteiger charge is -2.07. The van der Waals surface area contributed by atoms with E-state index < -0.39 is 6.10 Å². The molecule has 0 aliphatic heterocycles. The summed E-state index contributed by atoms with van der Waals surface area (Å²) in [5.41, 5.74) is 0. The van der Waals surface area contributed by atoms with Crippen molar-refractivity contribution < 1.29 is 15.3 Å². The smallest absolute Gasteiger partial charge is 0.0894 e. The highest BCUT2D eigenvalue weighted by molar-refractivity contribution is 4.56. The minimum Gasteiger partial charge on any atom is -0.396 e. The number of unbranched alkanes of at least 4 members (excludes halogenated alkanes) is 1. The molecule has 4 nitrogen and oxygen atoms in total. The summed E-state index contributed by atoms with van der Waals surface area (Å²) < 4.78 is 0. The van der Waals surface area contributed by atoms with Crippen LogP contribution in [0, 0.1) is 0 Å². The fraction of sp³-hybridized carbons (Fsp3) is 1.00. The van der Waals surface area contributed by atoms with E-state index in [1.807, 2.05) is 0 Å². The first kappa shape index (κ1) is 10.8. The number of hydrogen-bond donors (Lipinski definition) is 4. The summed E-state index contributed by atoms with van der Waals surface area (Å²) in [5.74, 6) is 0. The zero-order valence-electron chi connectivity index (χ0n) is 6.66. The van der Waals surface area contributed by atoms with Crippen LogP contribution < -0.4 is 5.32 Å². The van der Waals surface area contributed by atoms with E-state index in [4.69, 9.17) is 15.3 Å². The van der Waals surface area contributed by atoms with Crippen LogP contribution in [-0.4, -0.2) is 47.7 Å². The zero-order chi connectivity index (χ0) is 8.53. The van der Waals surface area contributed by atoms with Gasteiger partial charge in [-0.3, -0.25) is 0 Å². The first-order chi connectivity index (χ1) is 5.31. The fourth-order valence-electron chi connectivity index (χ4n) is 0.695. The van der Waals surface area contributed by atoms with Crippen LogP contribution in [0.15, 0.2) is 0 Å². The molecule has 0 fully saturated rings. The van der Waals surface area contributed by atoms with Gasteiger partial charge in [0.1, 0.15) is 0 Å². The van der Waals surface area contributed by atoms with Crippen LogP contribution in [0.1, 0.15) is 12.8 Å². The van der Waals surface area contributed by atoms with Crippen LogP contribution in [0.4, 0.5) is 0 Å². The molecule has 0 bridgehead atoms. The van der Waals surface area contributed by atoms with Crippen molar-refractivity contribution in [3.63, 3.8) is 0 Å². The third-order valence-corrected chi connectivity index (χ3v) is 1.35. The van der Waals surface area contributed by atoms with E-state index >= 15 is 0 Å². The van der Waals surface area contributed by atoms with Crippen molar-refractivity contribution in [1.29, 1.82) is 0 Å². The highest BCUT2D eigenvalue weighted by atomic mass is 16.3. The molecule has 4 heteroatoms. The Bertz CT molecular complexity index is 80.1. The minimum absolute atomic E-state index is 0.201. The van der Waals surface area contributed by atoms with Crippen LogP contribution in [0.3, 0.4) is 0 Å². The Morgan fingerprint density at radius 2 is 1.91 bits per heavy atom. The van der Waals surface area contributed by atoms with Crippen molar-refractivity contribution in [2.45, 2.75) is 18.9 Å². The monoisotopic (exact) mass is 163 g/mol. The maximum absolute atomic E-state index is 8.85. The Morgan fingerprint density at radius 3 is 2.45 bits per heavy atom. The third kappa shape index (κ3) is 7.74. The summed E-state index contributed by atoms with van der Waals surface area (Å²) >= 11 is 0. The second kappa shape index (κ2) is 7.94. The number of hydrogen-bond acceptors (Lipinski definition) is 4. The van der Waals surface area contributed by atoms with Gasteiger partial charge in [-0.1, -0.05) is 0 Å². The standard InChI is InChI=1S/C7H17NO3/c9-4-2-1-3-8-5-7(11)6-10/h7-11H,1-6H2. The second-order valence-electron chi connectivity index (χ2n) is 2.47. The highest BCUT2D eigenvalue weighted by Crippen LogP contribution is 1.84. The Hall–Kier alpha value is -0.160. The average molecular weight is 163 g/mol. The second-order valence-corrected chi connectivity index (χ2v) is 2.47. The van der Waals surface area contributed by atoms with Gasteiger partial charge in [0.15, 0.2) is 0 Å². The number of aliphatic hydroxyl groups is 3. The third-order valence-electron chi connectivity index (χ3n) is 1.35. The van der Waals surface area contributed by atoms with Gasteiger partial charge in [-0.25, -0.2) is 0 Å². The summed E-state index contributed by atoms with van der Waals surface area (Å²) in [6.07, 6.45) is 1.01. The van der Waals surface area contributed by atoms with Gasteiger partial charge in [0, 0.05) is 13.2 Å². The Morgan fingerprint density at radius 1 is 1.18 bits per heavy atom. The van der Waals surface area contributed by atoms with Gasteiger partial charge in [0.2, 0.25) is 0 Å². The number of rotatable bonds is 7. The molecule has 0 amide bonds. The first-order valence-corrected chi connectivity index (χ1v) is 3.91. The molecule has 0 saturated carbocycles. The van der Waals surface area contributed by atoms with Gasteiger partial charge in [-0.15, -0.1) is 0 Å². The predicted molar refractivity (Wildman–Crippen MR) is 42.3 cm³/mol. The lowest BCUT2D eigenvalue weighted by molar-refractivity contribution is 0.0944. The Kier molecular flexibility index (Phi) is 7.83. The molecule has 11 heavy (non-hydrogen) atoms. The normalized spacial score (nSPS) is 13.4. The topological polar surface area (TPSA) is 72.7 Å². The van der Waals surface area contributed by atoms with Crippen molar-refractivity contribution in [2.75, 3.05) is 26.3 Å². The molecule has 0 heterocycles. The van der Waals surface area contributed by atoms with Crippen LogP contribution in [0.25, 0.3) is 0 Å². The molecular formula is C7H17NO3. The number of aliphatic hydroxyl groups excluding tert-OH is 3. The van der Waals surface area contributed by atoms with Crippen LogP contribution in [0.2, 0.25) is 0 Å². The summed E-state index contributed by atoms with van der Waals surface area (Å²) in [5, 5.41) is 28.6. The quantitative estimate of drug-likeness (QED) is 0.352. The molecule has 4 N–H and O–H groups in total. The van der Waals surface area contributed by atoms with E-state index in [1.165, 1.54) is 0 Å². The predicted octanol–water partition coefficient (Wildman–Crippen LogP) is -1.30. The van der Waals surface area contributed by atoms with Crippen molar-refractivity contribution in [3.8, 4) is 0 Å². The molecule has 0 aromatic heterocycles. The van der Waals surface area contributed by atoms with Gasteiger partial charge >= 0.3 is 0 Å². The fourth-order valence-corrected chi connectivity index (χ4v) is 0.695. The minimum atomic E-state index is -0.663. The van der Waals surface area contributed by atoms with E-state index in [2.05, 4.69) is 5.32 Å². The van der Waals surface area contributed by atoms with Crippen molar-refractivity contribution >= 4 is 0 Å². The molecular weight excluding hydrogens is 146 g/mol. The SMILES string of the molecule is OCCCCNCC(O)CO. The first-order valence-electron chi connectivity index (χ1n) is 3.91. The molecule has 0 aliphatic rings. The molecule has 0 rings (SSSR count). The Labute approximate surface area is 66.9 Å². The molecule has 0 saturated heterocycles. The highest BCUT2D eigenvalue weighted by Gasteiger charge is 1.98. The van der Waals surface area contributed by atoms with Crippen molar-refractivity contribution in [3.05, 3.63) is 0 Å².